The highest BCUT2D eigenvalue weighted by molar-refractivity contribution is 5.99. The number of rotatable bonds is 2. The number of anilines is 1. The van der Waals surface area contributed by atoms with Crippen LogP contribution in [0.2, 0.25) is 0 Å². The minimum absolute atomic E-state index is 0.0357. The Hall–Kier alpha value is -3.58. The third-order valence-corrected chi connectivity index (χ3v) is 6.69. The first-order valence-corrected chi connectivity index (χ1v) is 10.2. The molecule has 158 valence electrons. The molecule has 0 bridgehead atoms. The molecule has 4 rings (SSSR count). The third-order valence-electron chi connectivity index (χ3n) is 6.69. The maximum atomic E-state index is 12.9. The highest BCUT2D eigenvalue weighted by Gasteiger charge is 2.42. The highest BCUT2D eigenvalue weighted by Crippen LogP contribution is 2.52. The van der Waals surface area contributed by atoms with Crippen molar-refractivity contribution >= 4 is 28.7 Å². The van der Waals surface area contributed by atoms with Crippen LogP contribution < -0.4 is 10.5 Å². The molecule has 2 aliphatic rings. The van der Waals surface area contributed by atoms with E-state index in [0.29, 0.717) is 11.0 Å². The van der Waals surface area contributed by atoms with Gasteiger partial charge in [-0.05, 0) is 41.4 Å². The number of nitrogens with zero attached hydrogens (tertiary/aromatic N) is 3. The van der Waals surface area contributed by atoms with Gasteiger partial charge in [-0.15, -0.1) is 0 Å². The second-order valence-corrected chi connectivity index (χ2v) is 9.54. The molecule has 7 nitrogen and oxygen atoms in total. The number of hydrogen-bond acceptors (Lipinski definition) is 6. The molecule has 31 heavy (non-hydrogen) atoms. The van der Waals surface area contributed by atoms with E-state index in [1.54, 1.807) is 6.07 Å². The average molecular weight is 417 g/mol. The zero-order valence-electron chi connectivity index (χ0n) is 18.0. The van der Waals surface area contributed by atoms with Crippen LogP contribution >= 0.6 is 0 Å². The highest BCUT2D eigenvalue weighted by atomic mass is 16.4. The van der Waals surface area contributed by atoms with Crippen LogP contribution in [0.1, 0.15) is 62.8 Å². The summed E-state index contributed by atoms with van der Waals surface area (Å²) < 4.78 is 5.75. The SMILES string of the molecule is CC1(C)CCN2CCC(C)(C)c3c2c1cc1c(C#N)c(/C=C(\C#N)C(=O)O)c(=O)oc31. The van der Waals surface area contributed by atoms with Crippen molar-refractivity contribution in [1.82, 2.24) is 0 Å². The van der Waals surface area contributed by atoms with Gasteiger partial charge in [0.2, 0.25) is 0 Å². The van der Waals surface area contributed by atoms with E-state index in [1.807, 2.05) is 6.07 Å². The first kappa shape index (κ1) is 20.7. The van der Waals surface area contributed by atoms with Crippen LogP contribution in [0.4, 0.5) is 5.69 Å². The molecular weight excluding hydrogens is 394 g/mol. The van der Waals surface area contributed by atoms with Crippen LogP contribution in [0.3, 0.4) is 0 Å². The Kier molecular flexibility index (Phi) is 4.48. The quantitative estimate of drug-likeness (QED) is 0.448. The van der Waals surface area contributed by atoms with Crippen LogP contribution in [0.5, 0.6) is 0 Å². The van der Waals surface area contributed by atoms with E-state index in [4.69, 9.17) is 9.68 Å². The van der Waals surface area contributed by atoms with Gasteiger partial charge in [0.25, 0.3) is 0 Å². The van der Waals surface area contributed by atoms with Gasteiger partial charge in [-0.25, -0.2) is 9.59 Å². The molecule has 0 spiro atoms. The Bertz CT molecular complexity index is 1310. The second kappa shape index (κ2) is 6.72. The van der Waals surface area contributed by atoms with Gasteiger partial charge in [0, 0.05) is 29.7 Å². The van der Waals surface area contributed by atoms with Crippen molar-refractivity contribution in [2.24, 2.45) is 0 Å². The number of benzene rings is 1. The minimum Gasteiger partial charge on any atom is -0.477 e. The predicted octanol–water partition coefficient (Wildman–Crippen LogP) is 3.83. The fourth-order valence-electron chi connectivity index (χ4n) is 4.78. The Balaban J connectivity index is 2.20. The van der Waals surface area contributed by atoms with Crippen molar-refractivity contribution in [3.05, 3.63) is 44.3 Å². The lowest BCUT2D eigenvalue weighted by molar-refractivity contribution is -0.132. The fourth-order valence-corrected chi connectivity index (χ4v) is 4.78. The van der Waals surface area contributed by atoms with E-state index in [2.05, 4.69) is 38.7 Å². The van der Waals surface area contributed by atoms with E-state index in [9.17, 15) is 20.0 Å². The molecule has 2 aliphatic heterocycles. The maximum absolute atomic E-state index is 12.9. The van der Waals surface area contributed by atoms with Crippen LogP contribution in [0.15, 0.2) is 20.9 Å². The largest absolute Gasteiger partial charge is 0.477 e. The normalized spacial score (nSPS) is 18.8. The van der Waals surface area contributed by atoms with E-state index >= 15 is 0 Å². The third kappa shape index (κ3) is 3.00. The Morgan fingerprint density at radius 3 is 2.42 bits per heavy atom. The molecular formula is C24H23N3O4. The first-order chi connectivity index (χ1) is 14.5. The van der Waals surface area contributed by atoms with E-state index < -0.39 is 17.2 Å². The van der Waals surface area contributed by atoms with Crippen LogP contribution in [0.25, 0.3) is 17.0 Å². The number of carboxylic acids is 1. The van der Waals surface area contributed by atoms with Crippen LogP contribution in [-0.2, 0) is 15.6 Å². The Morgan fingerprint density at radius 1 is 1.19 bits per heavy atom. The number of carboxylic acid groups (broad SMARTS) is 1. The molecule has 1 aromatic heterocycles. The summed E-state index contributed by atoms with van der Waals surface area (Å²) in [6.07, 6.45) is 2.76. The minimum atomic E-state index is -1.47. The Morgan fingerprint density at radius 2 is 1.84 bits per heavy atom. The van der Waals surface area contributed by atoms with Crippen molar-refractivity contribution in [2.75, 3.05) is 18.0 Å². The molecule has 0 saturated carbocycles. The molecule has 1 N–H and O–H groups in total. The van der Waals surface area contributed by atoms with E-state index in [-0.39, 0.29) is 22.0 Å². The molecule has 2 aromatic rings. The number of hydrogen-bond donors (Lipinski definition) is 1. The van der Waals surface area contributed by atoms with Crippen molar-refractivity contribution in [1.29, 1.82) is 10.5 Å². The lowest BCUT2D eigenvalue weighted by Crippen LogP contribution is -2.44. The molecule has 3 heterocycles. The standard InChI is InChI=1S/C24H23N3O4/c1-23(2)5-7-27-8-6-24(3,4)18-19(27)17(23)10-14-16(12-26)15(22(30)31-20(14)18)9-13(11-25)21(28)29/h9-10H,5-8H2,1-4H3,(H,28,29)/b13-9+. The van der Waals surface area contributed by atoms with Crippen molar-refractivity contribution < 1.29 is 14.3 Å². The summed E-state index contributed by atoms with van der Waals surface area (Å²) in [5.41, 5.74) is 1.43. The smallest absolute Gasteiger partial charge is 0.346 e. The van der Waals surface area contributed by atoms with Gasteiger partial charge in [0.05, 0.1) is 11.1 Å². The zero-order valence-corrected chi connectivity index (χ0v) is 18.0. The summed E-state index contributed by atoms with van der Waals surface area (Å²) in [6.45, 7) is 10.4. The van der Waals surface area contributed by atoms with E-state index in [0.717, 1.165) is 48.8 Å². The summed E-state index contributed by atoms with van der Waals surface area (Å²) in [5, 5.41) is 28.8. The summed E-state index contributed by atoms with van der Waals surface area (Å²) in [4.78, 5) is 26.5. The molecule has 0 radical (unpaired) electrons. The lowest BCUT2D eigenvalue weighted by atomic mass is 9.69. The summed E-state index contributed by atoms with van der Waals surface area (Å²) in [7, 11) is 0. The predicted molar refractivity (Wildman–Crippen MR) is 116 cm³/mol. The fraction of sp³-hybridized carbons (Fsp3) is 0.417. The number of fused-ring (bicyclic) bond motifs is 2. The zero-order chi connectivity index (χ0) is 22.7. The van der Waals surface area contributed by atoms with Gasteiger partial charge < -0.3 is 14.4 Å². The average Bonchev–Trinajstić information content (AvgIpc) is 2.69. The van der Waals surface area contributed by atoms with Crippen molar-refractivity contribution in [3.8, 4) is 12.1 Å². The van der Waals surface area contributed by atoms with Crippen molar-refractivity contribution in [3.63, 3.8) is 0 Å². The van der Waals surface area contributed by atoms with Gasteiger partial charge >= 0.3 is 11.6 Å². The summed E-state index contributed by atoms with van der Waals surface area (Å²) >= 11 is 0. The number of nitriles is 2. The molecule has 0 unspecified atom stereocenters. The van der Waals surface area contributed by atoms with E-state index in [1.165, 1.54) is 0 Å². The summed E-state index contributed by atoms with van der Waals surface area (Å²) in [6, 6.07) is 5.53. The molecule has 0 atom stereocenters. The van der Waals surface area contributed by atoms with Gasteiger partial charge in [-0.1, -0.05) is 27.7 Å². The summed E-state index contributed by atoms with van der Waals surface area (Å²) in [5.74, 6) is -1.47. The van der Waals surface area contributed by atoms with Crippen molar-refractivity contribution in [2.45, 2.75) is 51.4 Å². The Labute approximate surface area is 179 Å². The number of carbonyl (C=O) groups is 1. The second-order valence-electron chi connectivity index (χ2n) is 9.54. The number of aliphatic carboxylic acids is 1. The maximum Gasteiger partial charge on any atom is 0.346 e. The first-order valence-electron chi connectivity index (χ1n) is 10.2. The van der Waals surface area contributed by atoms with Crippen LogP contribution in [0, 0.1) is 22.7 Å². The molecule has 0 saturated heterocycles. The molecule has 0 fully saturated rings. The molecule has 1 aromatic carbocycles. The van der Waals surface area contributed by atoms with Gasteiger partial charge in [0.15, 0.2) is 0 Å². The molecule has 0 aliphatic carbocycles. The van der Waals surface area contributed by atoms with Gasteiger partial charge in [-0.3, -0.25) is 0 Å². The monoisotopic (exact) mass is 417 g/mol. The van der Waals surface area contributed by atoms with Gasteiger partial charge in [-0.2, -0.15) is 10.5 Å². The van der Waals surface area contributed by atoms with Gasteiger partial charge in [0.1, 0.15) is 23.3 Å². The molecule has 0 amide bonds. The van der Waals surface area contributed by atoms with Crippen LogP contribution in [-0.4, -0.2) is 24.2 Å². The lowest BCUT2D eigenvalue weighted by Gasteiger charge is -2.48. The molecule has 7 heteroatoms. The topological polar surface area (TPSA) is 118 Å².